The Morgan fingerprint density at radius 2 is 1.08 bits per heavy atom. The standard InChI is InChI=1S/C25H44O/c1-3-5-7-8-9-10-11-12-13-14-15-16-17-20-24-21-18-19-22-25(24)26-23-6-4-2/h18-19,21-22H,3-17,20,23H2,1-2H3. The minimum atomic E-state index is 0.853. The van der Waals surface area contributed by atoms with E-state index in [9.17, 15) is 0 Å². The number of hydrogen-bond donors (Lipinski definition) is 0. The van der Waals surface area contributed by atoms with Gasteiger partial charge in [-0.05, 0) is 30.9 Å². The normalized spacial score (nSPS) is 11.0. The van der Waals surface area contributed by atoms with Crippen molar-refractivity contribution < 1.29 is 4.74 Å². The lowest BCUT2D eigenvalue weighted by Crippen LogP contribution is -2.00. The van der Waals surface area contributed by atoms with Crippen LogP contribution in [0.1, 0.15) is 116 Å². The summed E-state index contributed by atoms with van der Waals surface area (Å²) in [5.41, 5.74) is 1.40. The molecule has 1 aromatic carbocycles. The van der Waals surface area contributed by atoms with Gasteiger partial charge in [0, 0.05) is 0 Å². The Balaban J connectivity index is 1.96. The molecule has 1 aromatic rings. The molecule has 0 aromatic heterocycles. The molecule has 0 N–H and O–H groups in total. The van der Waals surface area contributed by atoms with Gasteiger partial charge in [0.2, 0.25) is 0 Å². The number of unbranched alkanes of at least 4 members (excludes halogenated alkanes) is 13. The fourth-order valence-electron chi connectivity index (χ4n) is 3.51. The van der Waals surface area contributed by atoms with E-state index in [1.807, 2.05) is 0 Å². The van der Waals surface area contributed by atoms with E-state index in [-0.39, 0.29) is 0 Å². The summed E-state index contributed by atoms with van der Waals surface area (Å²) >= 11 is 0. The van der Waals surface area contributed by atoms with E-state index in [0.29, 0.717) is 0 Å². The highest BCUT2D eigenvalue weighted by molar-refractivity contribution is 5.33. The van der Waals surface area contributed by atoms with Crippen molar-refractivity contribution in [3.05, 3.63) is 29.8 Å². The molecular weight excluding hydrogens is 316 g/mol. The molecule has 0 spiro atoms. The van der Waals surface area contributed by atoms with Gasteiger partial charge >= 0.3 is 0 Å². The molecule has 0 amide bonds. The molecule has 0 bridgehead atoms. The van der Waals surface area contributed by atoms with Gasteiger partial charge in [-0.2, -0.15) is 0 Å². The highest BCUT2D eigenvalue weighted by Crippen LogP contribution is 2.21. The van der Waals surface area contributed by atoms with Crippen molar-refractivity contribution in [1.29, 1.82) is 0 Å². The molecule has 0 aliphatic rings. The Hall–Kier alpha value is -0.980. The minimum absolute atomic E-state index is 0.853. The zero-order chi connectivity index (χ0) is 18.7. The third-order valence-electron chi connectivity index (χ3n) is 5.28. The fraction of sp³-hybridized carbons (Fsp3) is 0.760. The van der Waals surface area contributed by atoms with Gasteiger partial charge in [0.05, 0.1) is 6.61 Å². The van der Waals surface area contributed by atoms with E-state index in [4.69, 9.17) is 4.74 Å². The molecule has 0 atom stereocenters. The second kappa shape index (κ2) is 17.4. The van der Waals surface area contributed by atoms with Crippen molar-refractivity contribution in [2.24, 2.45) is 0 Å². The Morgan fingerprint density at radius 1 is 0.577 bits per heavy atom. The van der Waals surface area contributed by atoms with Crippen LogP contribution < -0.4 is 4.74 Å². The predicted molar refractivity (Wildman–Crippen MR) is 116 cm³/mol. The fourth-order valence-corrected chi connectivity index (χ4v) is 3.51. The molecule has 0 aliphatic heterocycles. The van der Waals surface area contributed by atoms with Crippen LogP contribution in [0.3, 0.4) is 0 Å². The summed E-state index contributed by atoms with van der Waals surface area (Å²) in [6.07, 6.45) is 21.9. The van der Waals surface area contributed by atoms with E-state index in [1.165, 1.54) is 102 Å². The molecule has 150 valence electrons. The third kappa shape index (κ3) is 12.4. The molecule has 0 fully saturated rings. The molecule has 26 heavy (non-hydrogen) atoms. The molecule has 0 saturated carbocycles. The van der Waals surface area contributed by atoms with Crippen LogP contribution >= 0.6 is 0 Å². The van der Waals surface area contributed by atoms with Crippen LogP contribution in [0.5, 0.6) is 5.75 Å². The van der Waals surface area contributed by atoms with Crippen molar-refractivity contribution in [1.82, 2.24) is 0 Å². The molecule has 0 saturated heterocycles. The SMILES string of the molecule is CCCCCCCCCCCCCCCc1ccccc1OCCCC. The number of hydrogen-bond acceptors (Lipinski definition) is 1. The number of para-hydroxylation sites is 1. The van der Waals surface area contributed by atoms with E-state index in [0.717, 1.165) is 18.8 Å². The summed E-state index contributed by atoms with van der Waals surface area (Å²) in [5, 5.41) is 0. The molecule has 0 unspecified atom stereocenters. The van der Waals surface area contributed by atoms with Crippen LogP contribution in [0.2, 0.25) is 0 Å². The van der Waals surface area contributed by atoms with Crippen molar-refractivity contribution in [2.75, 3.05) is 6.61 Å². The molecule has 0 aliphatic carbocycles. The Morgan fingerprint density at radius 3 is 1.65 bits per heavy atom. The van der Waals surface area contributed by atoms with Crippen LogP contribution in [-0.2, 0) is 6.42 Å². The van der Waals surface area contributed by atoms with E-state index in [2.05, 4.69) is 38.1 Å². The van der Waals surface area contributed by atoms with E-state index >= 15 is 0 Å². The minimum Gasteiger partial charge on any atom is -0.493 e. The number of rotatable bonds is 18. The van der Waals surface area contributed by atoms with Gasteiger partial charge in [0.25, 0.3) is 0 Å². The first-order valence-electron chi connectivity index (χ1n) is 11.6. The second-order valence-corrected chi connectivity index (χ2v) is 7.80. The van der Waals surface area contributed by atoms with Crippen molar-refractivity contribution >= 4 is 0 Å². The largest absolute Gasteiger partial charge is 0.493 e. The average Bonchev–Trinajstić information content (AvgIpc) is 2.67. The highest BCUT2D eigenvalue weighted by atomic mass is 16.5. The smallest absolute Gasteiger partial charge is 0.122 e. The first-order valence-corrected chi connectivity index (χ1v) is 11.6. The number of benzene rings is 1. The Labute approximate surface area is 163 Å². The van der Waals surface area contributed by atoms with Gasteiger partial charge in [0.15, 0.2) is 0 Å². The summed E-state index contributed by atoms with van der Waals surface area (Å²) in [5.74, 6) is 1.11. The predicted octanol–water partition coefficient (Wildman–Crippen LogP) is 8.50. The Kier molecular flexibility index (Phi) is 15.5. The van der Waals surface area contributed by atoms with Gasteiger partial charge in [-0.25, -0.2) is 0 Å². The van der Waals surface area contributed by atoms with Gasteiger partial charge in [-0.15, -0.1) is 0 Å². The monoisotopic (exact) mass is 360 g/mol. The van der Waals surface area contributed by atoms with Crippen molar-refractivity contribution in [3.8, 4) is 5.75 Å². The molecule has 1 rings (SSSR count). The van der Waals surface area contributed by atoms with Gasteiger partial charge in [-0.1, -0.05) is 116 Å². The lowest BCUT2D eigenvalue weighted by atomic mass is 10.0. The molecule has 0 radical (unpaired) electrons. The maximum absolute atomic E-state index is 5.94. The summed E-state index contributed by atoms with van der Waals surface area (Å²) in [4.78, 5) is 0. The van der Waals surface area contributed by atoms with E-state index < -0.39 is 0 Å². The maximum Gasteiger partial charge on any atom is 0.122 e. The molecular formula is C25H44O. The van der Waals surface area contributed by atoms with Crippen molar-refractivity contribution in [2.45, 2.75) is 117 Å². The Bertz CT molecular complexity index is 412. The summed E-state index contributed by atoms with van der Waals surface area (Å²) in [7, 11) is 0. The molecule has 1 nitrogen and oxygen atoms in total. The van der Waals surface area contributed by atoms with Crippen LogP contribution in [0.4, 0.5) is 0 Å². The molecule has 1 heteroatoms. The van der Waals surface area contributed by atoms with Crippen molar-refractivity contribution in [3.63, 3.8) is 0 Å². The van der Waals surface area contributed by atoms with Crippen LogP contribution in [0.15, 0.2) is 24.3 Å². The maximum atomic E-state index is 5.94. The zero-order valence-corrected chi connectivity index (χ0v) is 17.7. The summed E-state index contributed by atoms with van der Waals surface area (Å²) < 4.78 is 5.94. The van der Waals surface area contributed by atoms with Crippen LogP contribution in [0, 0.1) is 0 Å². The first kappa shape index (κ1) is 23.1. The van der Waals surface area contributed by atoms with Gasteiger partial charge in [-0.3, -0.25) is 0 Å². The highest BCUT2D eigenvalue weighted by Gasteiger charge is 2.02. The first-order chi connectivity index (χ1) is 12.9. The zero-order valence-electron chi connectivity index (χ0n) is 17.7. The summed E-state index contributed by atoms with van der Waals surface area (Å²) in [6, 6.07) is 8.61. The average molecular weight is 361 g/mol. The third-order valence-corrected chi connectivity index (χ3v) is 5.28. The van der Waals surface area contributed by atoms with Gasteiger partial charge in [0.1, 0.15) is 5.75 Å². The topological polar surface area (TPSA) is 9.23 Å². The van der Waals surface area contributed by atoms with Gasteiger partial charge < -0.3 is 4.74 Å². The summed E-state index contributed by atoms with van der Waals surface area (Å²) in [6.45, 7) is 5.36. The lowest BCUT2D eigenvalue weighted by molar-refractivity contribution is 0.306. The van der Waals surface area contributed by atoms with Crippen LogP contribution in [-0.4, -0.2) is 6.61 Å². The molecule has 0 heterocycles. The van der Waals surface area contributed by atoms with Crippen LogP contribution in [0.25, 0.3) is 0 Å². The number of ether oxygens (including phenoxy) is 1. The lowest BCUT2D eigenvalue weighted by Gasteiger charge is -2.11. The second-order valence-electron chi connectivity index (χ2n) is 7.80. The number of aryl methyl sites for hydroxylation is 1. The quantitative estimate of drug-likeness (QED) is 0.238. The van der Waals surface area contributed by atoms with E-state index in [1.54, 1.807) is 0 Å².